The van der Waals surface area contributed by atoms with E-state index in [1.807, 2.05) is 37.3 Å². The molecule has 1 heterocycles. The normalized spacial score (nSPS) is 22.1. The fourth-order valence-corrected chi connectivity index (χ4v) is 3.09. The third kappa shape index (κ3) is 3.71. The molecule has 0 atom stereocenters. The number of carbonyl (C=O) groups is 2. The van der Waals surface area contributed by atoms with Crippen LogP contribution in [0.4, 0.5) is 5.69 Å². The van der Waals surface area contributed by atoms with Gasteiger partial charge >= 0.3 is 11.8 Å². The van der Waals surface area contributed by atoms with E-state index in [1.165, 1.54) is 0 Å². The van der Waals surface area contributed by atoms with Crippen LogP contribution in [0.5, 0.6) is 0 Å². The summed E-state index contributed by atoms with van der Waals surface area (Å²) in [5.41, 5.74) is 1.84. The molecule has 2 amide bonds. The van der Waals surface area contributed by atoms with E-state index in [0.717, 1.165) is 5.69 Å². The number of anilines is 1. The zero-order valence-corrected chi connectivity index (χ0v) is 14.3. The molecule has 7 nitrogen and oxygen atoms in total. The SMILES string of the molecule is Cc1nn(-c2ccccc2)cc1NC(=O)C(=O)NC1CC(C)(CO)C1. The number of benzene rings is 1. The lowest BCUT2D eigenvalue weighted by Gasteiger charge is -2.44. The van der Waals surface area contributed by atoms with Gasteiger partial charge in [0.25, 0.3) is 0 Å². The third-order valence-electron chi connectivity index (χ3n) is 4.57. The molecule has 3 N–H and O–H groups in total. The van der Waals surface area contributed by atoms with Crippen molar-refractivity contribution in [3.05, 3.63) is 42.2 Å². The zero-order valence-electron chi connectivity index (χ0n) is 14.3. The molecule has 3 rings (SSSR count). The zero-order chi connectivity index (χ0) is 18.0. The molecule has 0 unspecified atom stereocenters. The van der Waals surface area contributed by atoms with Crippen LogP contribution >= 0.6 is 0 Å². The van der Waals surface area contributed by atoms with Gasteiger partial charge in [0.1, 0.15) is 0 Å². The molecular formula is C18H22N4O3. The molecule has 0 aliphatic heterocycles. The largest absolute Gasteiger partial charge is 0.396 e. The van der Waals surface area contributed by atoms with Gasteiger partial charge in [0.2, 0.25) is 0 Å². The fraction of sp³-hybridized carbons (Fsp3) is 0.389. The Balaban J connectivity index is 1.60. The molecule has 1 aromatic carbocycles. The van der Waals surface area contributed by atoms with Crippen molar-refractivity contribution in [2.24, 2.45) is 5.41 Å². The smallest absolute Gasteiger partial charge is 0.313 e. The van der Waals surface area contributed by atoms with Crippen molar-refractivity contribution in [1.29, 1.82) is 0 Å². The van der Waals surface area contributed by atoms with Gasteiger partial charge in [-0.25, -0.2) is 4.68 Å². The number of carbonyl (C=O) groups excluding carboxylic acids is 2. The van der Waals surface area contributed by atoms with Crippen LogP contribution in [0.3, 0.4) is 0 Å². The van der Waals surface area contributed by atoms with Gasteiger partial charge in [-0.15, -0.1) is 0 Å². The quantitative estimate of drug-likeness (QED) is 0.732. The summed E-state index contributed by atoms with van der Waals surface area (Å²) in [6.07, 6.45) is 3.03. The van der Waals surface area contributed by atoms with Gasteiger partial charge in [0, 0.05) is 12.6 Å². The molecule has 1 saturated carbocycles. The minimum atomic E-state index is -0.715. The van der Waals surface area contributed by atoms with Crippen LogP contribution in [0, 0.1) is 12.3 Å². The molecule has 132 valence electrons. The Morgan fingerprint density at radius 2 is 1.96 bits per heavy atom. The summed E-state index contributed by atoms with van der Waals surface area (Å²) in [7, 11) is 0. The van der Waals surface area contributed by atoms with Crippen molar-refractivity contribution in [3.63, 3.8) is 0 Å². The summed E-state index contributed by atoms with van der Waals surface area (Å²) in [5, 5.41) is 18.9. The third-order valence-corrected chi connectivity index (χ3v) is 4.57. The highest BCUT2D eigenvalue weighted by Gasteiger charge is 2.41. The Morgan fingerprint density at radius 3 is 2.60 bits per heavy atom. The first-order valence-corrected chi connectivity index (χ1v) is 8.25. The average molecular weight is 342 g/mol. The first kappa shape index (κ1) is 17.2. The maximum absolute atomic E-state index is 12.1. The highest BCUT2D eigenvalue weighted by molar-refractivity contribution is 6.39. The van der Waals surface area contributed by atoms with Gasteiger partial charge < -0.3 is 15.7 Å². The Kier molecular flexibility index (Phi) is 4.59. The van der Waals surface area contributed by atoms with Crippen LogP contribution in [-0.4, -0.2) is 39.4 Å². The van der Waals surface area contributed by atoms with Crippen molar-refractivity contribution in [3.8, 4) is 5.69 Å². The van der Waals surface area contributed by atoms with Crippen LogP contribution in [0.1, 0.15) is 25.5 Å². The van der Waals surface area contributed by atoms with Gasteiger partial charge in [-0.3, -0.25) is 9.59 Å². The van der Waals surface area contributed by atoms with E-state index in [1.54, 1.807) is 17.8 Å². The molecular weight excluding hydrogens is 320 g/mol. The number of para-hydroxylation sites is 1. The maximum Gasteiger partial charge on any atom is 0.313 e. The minimum absolute atomic E-state index is 0.0662. The number of amides is 2. The van der Waals surface area contributed by atoms with Gasteiger partial charge in [0.05, 0.1) is 23.3 Å². The number of rotatable bonds is 4. The average Bonchev–Trinajstić information content (AvgIpc) is 2.94. The Morgan fingerprint density at radius 1 is 1.28 bits per heavy atom. The lowest BCUT2D eigenvalue weighted by Crippen LogP contribution is -2.53. The maximum atomic E-state index is 12.1. The summed E-state index contributed by atoms with van der Waals surface area (Å²) in [4.78, 5) is 24.1. The van der Waals surface area contributed by atoms with Crippen LogP contribution in [0.25, 0.3) is 5.69 Å². The first-order valence-electron chi connectivity index (χ1n) is 8.25. The highest BCUT2D eigenvalue weighted by atomic mass is 16.3. The van der Waals surface area contributed by atoms with Gasteiger partial charge in [-0.1, -0.05) is 25.1 Å². The topological polar surface area (TPSA) is 96.2 Å². The summed E-state index contributed by atoms with van der Waals surface area (Å²) >= 11 is 0. The molecule has 2 aromatic rings. The molecule has 0 saturated heterocycles. The van der Waals surface area contributed by atoms with Gasteiger partial charge in [-0.2, -0.15) is 5.10 Å². The number of nitrogens with zero attached hydrogens (tertiary/aromatic N) is 2. The van der Waals surface area contributed by atoms with Crippen molar-refractivity contribution in [1.82, 2.24) is 15.1 Å². The molecule has 7 heteroatoms. The number of aromatic nitrogens is 2. The molecule has 0 spiro atoms. The molecule has 0 radical (unpaired) electrons. The van der Waals surface area contributed by atoms with Crippen LogP contribution < -0.4 is 10.6 Å². The summed E-state index contributed by atoms with van der Waals surface area (Å²) < 4.78 is 1.65. The fourth-order valence-electron chi connectivity index (χ4n) is 3.09. The van der Waals surface area contributed by atoms with Gasteiger partial charge in [-0.05, 0) is 37.3 Å². The van der Waals surface area contributed by atoms with Crippen LogP contribution in [0.15, 0.2) is 36.5 Å². The van der Waals surface area contributed by atoms with E-state index in [2.05, 4.69) is 15.7 Å². The molecule has 1 aromatic heterocycles. The standard InChI is InChI=1S/C18H22N4O3/c1-12-15(10-22(21-12)14-6-4-3-5-7-14)20-17(25)16(24)19-13-8-18(2,9-13)11-23/h3-7,10,13,23H,8-9,11H2,1-2H3,(H,19,24)(H,20,25). The number of hydrogen-bond donors (Lipinski definition) is 3. The van der Waals surface area contributed by atoms with E-state index in [0.29, 0.717) is 24.2 Å². The van der Waals surface area contributed by atoms with Crippen LogP contribution in [-0.2, 0) is 9.59 Å². The minimum Gasteiger partial charge on any atom is -0.396 e. The number of aryl methyl sites for hydroxylation is 1. The lowest BCUT2D eigenvalue weighted by atomic mass is 9.67. The Labute approximate surface area is 146 Å². The van der Waals surface area contributed by atoms with Crippen molar-refractivity contribution in [2.45, 2.75) is 32.7 Å². The molecule has 1 fully saturated rings. The van der Waals surface area contributed by atoms with E-state index in [4.69, 9.17) is 0 Å². The Hall–Kier alpha value is -2.67. The predicted molar refractivity (Wildman–Crippen MR) is 93.3 cm³/mol. The molecule has 25 heavy (non-hydrogen) atoms. The monoisotopic (exact) mass is 342 g/mol. The number of aliphatic hydroxyl groups is 1. The highest BCUT2D eigenvalue weighted by Crippen LogP contribution is 2.39. The van der Waals surface area contributed by atoms with Crippen molar-refractivity contribution < 1.29 is 14.7 Å². The lowest BCUT2D eigenvalue weighted by molar-refractivity contribution is -0.137. The summed E-state index contributed by atoms with van der Waals surface area (Å²) in [5.74, 6) is -1.38. The number of nitrogens with one attached hydrogen (secondary N) is 2. The molecule has 1 aliphatic carbocycles. The predicted octanol–water partition coefficient (Wildman–Crippen LogP) is 1.40. The summed E-state index contributed by atoms with van der Waals surface area (Å²) in [6, 6.07) is 9.45. The van der Waals surface area contributed by atoms with Crippen molar-refractivity contribution in [2.75, 3.05) is 11.9 Å². The second-order valence-corrected chi connectivity index (χ2v) is 6.91. The number of aliphatic hydroxyl groups excluding tert-OH is 1. The molecule has 1 aliphatic rings. The second kappa shape index (κ2) is 6.68. The van der Waals surface area contributed by atoms with E-state index < -0.39 is 11.8 Å². The first-order chi connectivity index (χ1) is 11.9. The second-order valence-electron chi connectivity index (χ2n) is 6.91. The van der Waals surface area contributed by atoms with E-state index in [9.17, 15) is 14.7 Å². The van der Waals surface area contributed by atoms with Crippen LogP contribution in [0.2, 0.25) is 0 Å². The number of hydrogen-bond acceptors (Lipinski definition) is 4. The molecule has 0 bridgehead atoms. The van der Waals surface area contributed by atoms with Gasteiger partial charge in [0.15, 0.2) is 0 Å². The van der Waals surface area contributed by atoms with Crippen molar-refractivity contribution >= 4 is 17.5 Å². The Bertz CT molecular complexity index is 779. The van der Waals surface area contributed by atoms with E-state index in [-0.39, 0.29) is 18.1 Å². The van der Waals surface area contributed by atoms with E-state index >= 15 is 0 Å². The summed E-state index contributed by atoms with van der Waals surface area (Å²) in [6.45, 7) is 3.81.